The quantitative estimate of drug-likeness (QED) is 0.510. The van der Waals surface area contributed by atoms with Gasteiger partial charge in [-0.15, -0.1) is 0 Å². The normalized spacial score (nSPS) is 11.5. The molecule has 0 aromatic heterocycles. The van der Waals surface area contributed by atoms with Crippen LogP contribution in [0.15, 0.2) is 42.5 Å². The number of nitro groups is 1. The summed E-state index contributed by atoms with van der Waals surface area (Å²) in [6, 6.07) is 8.42. The molecule has 0 saturated carbocycles. The van der Waals surface area contributed by atoms with Crippen molar-refractivity contribution in [2.75, 3.05) is 7.11 Å². The first kappa shape index (κ1) is 18.1. The molecule has 8 heteroatoms. The molecule has 1 unspecified atom stereocenters. The number of esters is 1. The van der Waals surface area contributed by atoms with Crippen LogP contribution in [0.2, 0.25) is 0 Å². The predicted octanol–water partition coefficient (Wildman–Crippen LogP) is 3.01. The topological polar surface area (TPSA) is 98.5 Å². The Morgan fingerprint density at radius 2 is 1.76 bits per heavy atom. The van der Waals surface area contributed by atoms with E-state index in [9.17, 15) is 24.1 Å². The van der Waals surface area contributed by atoms with Crippen LogP contribution in [0.5, 0.6) is 0 Å². The van der Waals surface area contributed by atoms with Crippen LogP contribution < -0.4 is 5.32 Å². The predicted molar refractivity (Wildman–Crippen MR) is 86.7 cm³/mol. The molecule has 0 aliphatic rings. The minimum absolute atomic E-state index is 0.0523. The fourth-order valence-corrected chi connectivity index (χ4v) is 2.20. The lowest BCUT2D eigenvalue weighted by Crippen LogP contribution is -2.27. The third-order valence-electron chi connectivity index (χ3n) is 3.53. The average Bonchev–Trinajstić information content (AvgIpc) is 2.60. The van der Waals surface area contributed by atoms with E-state index < -0.39 is 34.3 Å². The fraction of sp³-hybridized carbons (Fsp3) is 0.176. The molecule has 1 N–H and O–H groups in total. The zero-order valence-electron chi connectivity index (χ0n) is 13.5. The lowest BCUT2D eigenvalue weighted by Gasteiger charge is -2.14. The Balaban J connectivity index is 2.28. The van der Waals surface area contributed by atoms with Crippen LogP contribution in [0.3, 0.4) is 0 Å². The van der Waals surface area contributed by atoms with E-state index in [2.05, 4.69) is 10.1 Å². The van der Waals surface area contributed by atoms with E-state index in [0.29, 0.717) is 5.56 Å². The largest absolute Gasteiger partial charge is 0.465 e. The molecule has 2 aromatic rings. The molecule has 130 valence electrons. The molecule has 0 saturated heterocycles. The molecule has 0 heterocycles. The number of ether oxygens (including phenoxy) is 1. The summed E-state index contributed by atoms with van der Waals surface area (Å²) < 4.78 is 17.5. The van der Waals surface area contributed by atoms with Gasteiger partial charge in [-0.25, -0.2) is 9.18 Å². The summed E-state index contributed by atoms with van der Waals surface area (Å²) in [4.78, 5) is 34.3. The van der Waals surface area contributed by atoms with E-state index in [1.807, 2.05) is 0 Å². The number of halogens is 1. The van der Waals surface area contributed by atoms with Gasteiger partial charge in [0.1, 0.15) is 5.82 Å². The van der Waals surface area contributed by atoms with Crippen molar-refractivity contribution in [3.63, 3.8) is 0 Å². The molecular weight excluding hydrogens is 331 g/mol. The molecule has 0 bridgehead atoms. The lowest BCUT2D eigenvalue weighted by atomic mass is 10.1. The van der Waals surface area contributed by atoms with Gasteiger partial charge < -0.3 is 10.1 Å². The highest BCUT2D eigenvalue weighted by Gasteiger charge is 2.19. The number of nitrogens with zero attached hydrogens (tertiary/aromatic N) is 1. The highest BCUT2D eigenvalue weighted by Crippen LogP contribution is 2.20. The van der Waals surface area contributed by atoms with Crippen LogP contribution in [-0.4, -0.2) is 23.9 Å². The Kier molecular flexibility index (Phi) is 5.43. The third-order valence-corrected chi connectivity index (χ3v) is 3.53. The van der Waals surface area contributed by atoms with Crippen molar-refractivity contribution in [3.05, 3.63) is 75.1 Å². The van der Waals surface area contributed by atoms with E-state index >= 15 is 0 Å². The van der Waals surface area contributed by atoms with Gasteiger partial charge >= 0.3 is 5.97 Å². The summed E-state index contributed by atoms with van der Waals surface area (Å²) in [6.45, 7) is 1.68. The minimum atomic E-state index is -0.788. The minimum Gasteiger partial charge on any atom is -0.465 e. The summed E-state index contributed by atoms with van der Waals surface area (Å²) in [5, 5.41) is 13.6. The molecule has 1 atom stereocenters. The Hall–Kier alpha value is -3.29. The van der Waals surface area contributed by atoms with Crippen molar-refractivity contribution in [1.29, 1.82) is 0 Å². The van der Waals surface area contributed by atoms with Crippen molar-refractivity contribution in [3.8, 4) is 0 Å². The van der Waals surface area contributed by atoms with Crippen molar-refractivity contribution in [2.45, 2.75) is 13.0 Å². The van der Waals surface area contributed by atoms with Crippen LogP contribution in [-0.2, 0) is 4.74 Å². The highest BCUT2D eigenvalue weighted by molar-refractivity contribution is 5.99. The van der Waals surface area contributed by atoms with E-state index in [1.54, 1.807) is 6.92 Å². The number of methoxy groups -OCH3 is 1. The maximum Gasteiger partial charge on any atom is 0.338 e. The number of carbonyl (C=O) groups is 2. The van der Waals surface area contributed by atoms with Crippen LogP contribution in [0, 0.1) is 15.9 Å². The van der Waals surface area contributed by atoms with Crippen LogP contribution in [0.25, 0.3) is 0 Å². The van der Waals surface area contributed by atoms with Gasteiger partial charge in [-0.05, 0) is 30.7 Å². The summed E-state index contributed by atoms with van der Waals surface area (Å²) in [6.07, 6.45) is 0. The zero-order valence-corrected chi connectivity index (χ0v) is 13.5. The van der Waals surface area contributed by atoms with Crippen molar-refractivity contribution < 1.29 is 23.6 Å². The molecule has 0 fully saturated rings. The number of rotatable bonds is 5. The van der Waals surface area contributed by atoms with E-state index in [4.69, 9.17) is 0 Å². The van der Waals surface area contributed by atoms with E-state index in [-0.39, 0.29) is 11.1 Å². The lowest BCUT2D eigenvalue weighted by molar-refractivity contribution is -0.384. The first-order valence-corrected chi connectivity index (χ1v) is 7.26. The first-order valence-electron chi connectivity index (χ1n) is 7.26. The Bertz CT molecular complexity index is 820. The number of benzene rings is 2. The van der Waals surface area contributed by atoms with Crippen LogP contribution in [0.1, 0.15) is 39.2 Å². The van der Waals surface area contributed by atoms with Crippen LogP contribution >= 0.6 is 0 Å². The van der Waals surface area contributed by atoms with Gasteiger partial charge in [-0.2, -0.15) is 0 Å². The molecule has 25 heavy (non-hydrogen) atoms. The summed E-state index contributed by atoms with van der Waals surface area (Å²) in [5.41, 5.74) is 0.107. The van der Waals surface area contributed by atoms with Gasteiger partial charge in [0.25, 0.3) is 11.6 Å². The van der Waals surface area contributed by atoms with Crippen LogP contribution in [0.4, 0.5) is 10.1 Å². The number of non-ortho nitro benzene ring substituents is 1. The molecular formula is C17H15FN2O5. The van der Waals surface area contributed by atoms with Gasteiger partial charge in [-0.1, -0.05) is 12.1 Å². The molecule has 0 radical (unpaired) electrons. The first-order chi connectivity index (χ1) is 11.8. The van der Waals surface area contributed by atoms with E-state index in [0.717, 1.165) is 19.2 Å². The van der Waals surface area contributed by atoms with E-state index in [1.165, 1.54) is 30.3 Å². The monoisotopic (exact) mass is 346 g/mol. The van der Waals surface area contributed by atoms with Gasteiger partial charge in [0, 0.05) is 17.7 Å². The molecule has 1 amide bonds. The van der Waals surface area contributed by atoms with Gasteiger partial charge in [0.05, 0.1) is 23.6 Å². The number of hydrogen-bond acceptors (Lipinski definition) is 5. The summed E-state index contributed by atoms with van der Waals surface area (Å²) in [7, 11) is 1.14. The smallest absolute Gasteiger partial charge is 0.338 e. The second-order valence-electron chi connectivity index (χ2n) is 5.26. The Labute approximate surface area is 142 Å². The number of amides is 1. The molecule has 2 aromatic carbocycles. The van der Waals surface area contributed by atoms with Crippen molar-refractivity contribution in [1.82, 2.24) is 5.32 Å². The second-order valence-corrected chi connectivity index (χ2v) is 5.26. The van der Waals surface area contributed by atoms with Gasteiger partial charge in [0.2, 0.25) is 0 Å². The second kappa shape index (κ2) is 7.52. The number of nitrogens with one attached hydrogen (secondary N) is 1. The fourth-order valence-electron chi connectivity index (χ4n) is 2.20. The molecule has 7 nitrogen and oxygen atoms in total. The average molecular weight is 346 g/mol. The molecule has 0 spiro atoms. The number of nitro benzene ring substituents is 1. The van der Waals surface area contributed by atoms with Crippen molar-refractivity contribution >= 4 is 17.6 Å². The van der Waals surface area contributed by atoms with Crippen molar-refractivity contribution in [2.24, 2.45) is 0 Å². The molecule has 2 rings (SSSR count). The highest BCUT2D eigenvalue weighted by atomic mass is 19.1. The third kappa shape index (κ3) is 4.37. The number of carbonyl (C=O) groups excluding carboxylic acids is 2. The maximum atomic E-state index is 13.0. The molecule has 0 aliphatic heterocycles. The summed E-state index contributed by atoms with van der Waals surface area (Å²) in [5.74, 6) is -1.79. The zero-order chi connectivity index (χ0) is 18.6. The SMILES string of the molecule is COC(=O)c1cc(C(=O)NC(C)c2ccc(F)cc2)cc([N+](=O)[O-])c1. The Morgan fingerprint density at radius 3 is 2.32 bits per heavy atom. The Morgan fingerprint density at radius 1 is 1.16 bits per heavy atom. The van der Waals surface area contributed by atoms with Gasteiger partial charge in [0.15, 0.2) is 0 Å². The maximum absolute atomic E-state index is 13.0. The molecule has 0 aliphatic carbocycles. The number of hydrogen-bond donors (Lipinski definition) is 1. The summed E-state index contributed by atoms with van der Waals surface area (Å²) >= 11 is 0. The van der Waals surface area contributed by atoms with Gasteiger partial charge in [-0.3, -0.25) is 14.9 Å². The standard InChI is InChI=1S/C17H15FN2O5/c1-10(11-3-5-14(18)6-4-11)19-16(21)12-7-13(17(22)25-2)9-15(8-12)20(23)24/h3-10H,1-2H3,(H,19,21).